The van der Waals surface area contributed by atoms with Gasteiger partial charge >= 0.3 is 6.09 Å². The molecule has 3 N–H and O–H groups in total. The summed E-state index contributed by atoms with van der Waals surface area (Å²) in [4.78, 5) is 24.1. The molecule has 6 nitrogen and oxygen atoms in total. The molecular weight excluding hydrogens is 303 g/mol. The van der Waals surface area contributed by atoms with Gasteiger partial charge in [0, 0.05) is 0 Å². The molecule has 3 aliphatic rings. The maximum atomic E-state index is 14.4. The third-order valence-corrected chi connectivity index (χ3v) is 5.20. The van der Waals surface area contributed by atoms with E-state index in [1.54, 1.807) is 12.1 Å². The molecule has 1 saturated heterocycles. The summed E-state index contributed by atoms with van der Waals surface area (Å²) in [6.45, 7) is -0.00613. The predicted octanol–water partition coefficient (Wildman–Crippen LogP) is 1.12. The molecule has 23 heavy (non-hydrogen) atoms. The van der Waals surface area contributed by atoms with E-state index in [-0.39, 0.29) is 24.4 Å². The number of nitrogens with zero attached hydrogens (tertiary/aromatic N) is 1. The van der Waals surface area contributed by atoms with E-state index in [4.69, 9.17) is 10.5 Å². The van der Waals surface area contributed by atoms with Crippen molar-refractivity contribution in [2.75, 3.05) is 11.4 Å². The highest BCUT2D eigenvalue weighted by atomic mass is 19.1. The van der Waals surface area contributed by atoms with Crippen LogP contribution in [-0.4, -0.2) is 35.9 Å². The van der Waals surface area contributed by atoms with Gasteiger partial charge in [0.25, 0.3) is 5.91 Å². The number of carbonyl (C=O) groups excluding carboxylic acids is 2. The third kappa shape index (κ3) is 2.26. The Kier molecular flexibility index (Phi) is 3.09. The first-order valence-electron chi connectivity index (χ1n) is 7.70. The zero-order valence-corrected chi connectivity index (χ0v) is 12.3. The van der Waals surface area contributed by atoms with Crippen LogP contribution in [0.4, 0.5) is 14.9 Å². The lowest BCUT2D eigenvalue weighted by Gasteiger charge is -2.15. The number of ether oxygens (including phenoxy) is 1. The Bertz CT molecular complexity index is 683. The Labute approximate surface area is 132 Å². The number of rotatable bonds is 3. The van der Waals surface area contributed by atoms with Crippen LogP contribution in [0.2, 0.25) is 0 Å². The molecule has 0 radical (unpaired) electrons. The third-order valence-electron chi connectivity index (χ3n) is 5.20. The lowest BCUT2D eigenvalue weighted by molar-refractivity contribution is -0.124. The van der Waals surface area contributed by atoms with Gasteiger partial charge in [-0.2, -0.15) is 0 Å². The number of aliphatic hydroxyl groups excluding tert-OH is 1. The van der Waals surface area contributed by atoms with Crippen LogP contribution in [0.25, 0.3) is 0 Å². The molecule has 1 aliphatic heterocycles. The summed E-state index contributed by atoms with van der Waals surface area (Å²) in [5.41, 5.74) is 6.12. The van der Waals surface area contributed by atoms with Gasteiger partial charge in [0.2, 0.25) is 0 Å². The van der Waals surface area contributed by atoms with Gasteiger partial charge in [0.05, 0.1) is 18.3 Å². The Balaban J connectivity index is 1.53. The number of halogens is 1. The lowest BCUT2D eigenvalue weighted by Crippen LogP contribution is -2.32. The molecule has 0 aromatic heterocycles. The minimum atomic E-state index is -1.01. The fraction of sp³-hybridized carbons (Fsp3) is 0.500. The Morgan fingerprint density at radius 1 is 1.35 bits per heavy atom. The van der Waals surface area contributed by atoms with Crippen molar-refractivity contribution in [2.24, 2.45) is 17.6 Å². The summed E-state index contributed by atoms with van der Waals surface area (Å²) in [6, 6.07) is 4.64. The zero-order valence-electron chi connectivity index (χ0n) is 12.3. The summed E-state index contributed by atoms with van der Waals surface area (Å²) in [5, 5.41) is 9.56. The number of benzene rings is 1. The average molecular weight is 320 g/mol. The normalized spacial score (nSPS) is 35.1. The number of primary amides is 1. The lowest BCUT2D eigenvalue weighted by atomic mass is 10.0. The van der Waals surface area contributed by atoms with Crippen molar-refractivity contribution in [1.29, 1.82) is 0 Å². The van der Waals surface area contributed by atoms with E-state index in [9.17, 15) is 19.1 Å². The Morgan fingerprint density at radius 3 is 2.61 bits per heavy atom. The number of anilines is 1. The highest BCUT2D eigenvalue weighted by molar-refractivity contribution is 5.95. The molecule has 7 heteroatoms. The van der Waals surface area contributed by atoms with Crippen LogP contribution in [-0.2, 0) is 9.53 Å². The van der Waals surface area contributed by atoms with Crippen LogP contribution in [0, 0.1) is 17.7 Å². The molecule has 1 aromatic rings. The van der Waals surface area contributed by atoms with Gasteiger partial charge in [-0.3, -0.25) is 9.69 Å². The number of hydrogen-bond donors (Lipinski definition) is 2. The number of amides is 2. The zero-order chi connectivity index (χ0) is 16.3. The van der Waals surface area contributed by atoms with Crippen molar-refractivity contribution in [1.82, 2.24) is 0 Å². The van der Waals surface area contributed by atoms with Crippen LogP contribution < -0.4 is 10.6 Å². The van der Waals surface area contributed by atoms with Gasteiger partial charge in [-0.05, 0) is 48.3 Å². The number of fused-ring (bicyclic) bond motifs is 1. The molecule has 2 saturated carbocycles. The Morgan fingerprint density at radius 2 is 2.04 bits per heavy atom. The number of nitrogens with two attached hydrogens (primary N) is 1. The standard InChI is InChI=1S/C16H17FN2O4/c17-12-3-7(19-6-13(15(18)21)23-16(19)22)1-2-9(12)14-10-4-8(20)5-11(10)14/h1-3,8,10-11,13-14,20H,4-6H2,(H2,18,21)/t8?,10-,11+,13-,14+/m1/s1. The van der Waals surface area contributed by atoms with Gasteiger partial charge in [0.1, 0.15) is 5.82 Å². The molecule has 2 aliphatic carbocycles. The number of cyclic esters (lactones) is 1. The first-order valence-corrected chi connectivity index (χ1v) is 7.70. The van der Waals surface area contributed by atoms with Gasteiger partial charge in [0.15, 0.2) is 6.10 Å². The maximum absolute atomic E-state index is 14.4. The van der Waals surface area contributed by atoms with Crippen LogP contribution in [0.15, 0.2) is 18.2 Å². The highest BCUT2D eigenvalue weighted by Gasteiger charge is 2.56. The summed E-state index contributed by atoms with van der Waals surface area (Å²) in [5.74, 6) is -0.201. The van der Waals surface area contributed by atoms with Crippen molar-refractivity contribution in [2.45, 2.75) is 31.0 Å². The minimum absolute atomic E-state index is 0.00613. The smallest absolute Gasteiger partial charge is 0.415 e. The van der Waals surface area contributed by atoms with Crippen LogP contribution in [0.5, 0.6) is 0 Å². The van der Waals surface area contributed by atoms with Crippen molar-refractivity contribution in [3.05, 3.63) is 29.6 Å². The predicted molar refractivity (Wildman–Crippen MR) is 78.2 cm³/mol. The molecule has 1 heterocycles. The molecule has 122 valence electrons. The molecule has 0 bridgehead atoms. The quantitative estimate of drug-likeness (QED) is 0.873. The molecule has 1 aromatic carbocycles. The van der Waals surface area contributed by atoms with Gasteiger partial charge in [-0.1, -0.05) is 6.07 Å². The minimum Gasteiger partial charge on any atom is -0.434 e. The fourth-order valence-corrected chi connectivity index (χ4v) is 4.05. The van der Waals surface area contributed by atoms with E-state index < -0.39 is 18.1 Å². The van der Waals surface area contributed by atoms with E-state index in [0.29, 0.717) is 23.1 Å². The second kappa shape index (κ2) is 4.92. The summed E-state index contributed by atoms with van der Waals surface area (Å²) >= 11 is 0. The maximum Gasteiger partial charge on any atom is 0.415 e. The van der Waals surface area contributed by atoms with Crippen LogP contribution >= 0.6 is 0 Å². The summed E-state index contributed by atoms with van der Waals surface area (Å²) < 4.78 is 19.3. The van der Waals surface area contributed by atoms with Crippen molar-refractivity contribution in [3.8, 4) is 0 Å². The molecule has 1 unspecified atom stereocenters. The highest BCUT2D eigenvalue weighted by Crippen LogP contribution is 2.63. The van der Waals surface area contributed by atoms with Gasteiger partial charge in [-0.25, -0.2) is 9.18 Å². The first-order chi connectivity index (χ1) is 11.0. The largest absolute Gasteiger partial charge is 0.434 e. The Hall–Kier alpha value is -2.15. The molecule has 3 fully saturated rings. The van der Waals surface area contributed by atoms with Gasteiger partial charge in [-0.15, -0.1) is 0 Å². The molecule has 2 amide bonds. The molecule has 0 spiro atoms. The van der Waals surface area contributed by atoms with Gasteiger partial charge < -0.3 is 15.6 Å². The molecule has 5 atom stereocenters. The van der Waals surface area contributed by atoms with E-state index in [0.717, 1.165) is 12.8 Å². The number of hydrogen-bond acceptors (Lipinski definition) is 4. The van der Waals surface area contributed by atoms with Crippen LogP contribution in [0.1, 0.15) is 24.3 Å². The average Bonchev–Trinajstić information content (AvgIpc) is 2.84. The van der Waals surface area contributed by atoms with Crippen molar-refractivity contribution >= 4 is 17.7 Å². The fourth-order valence-electron chi connectivity index (χ4n) is 4.05. The number of carbonyl (C=O) groups is 2. The second-order valence-electron chi connectivity index (χ2n) is 6.57. The van der Waals surface area contributed by atoms with E-state index >= 15 is 0 Å². The number of aliphatic hydroxyl groups is 1. The molecule has 4 rings (SSSR count). The SMILES string of the molecule is NC(=O)[C@H]1CN(c2ccc([C@H]3[C@@H]4CC(O)C[C@@H]43)c(F)c2)C(=O)O1. The summed E-state index contributed by atoms with van der Waals surface area (Å²) in [6.07, 6.45) is -0.500. The monoisotopic (exact) mass is 320 g/mol. The van der Waals surface area contributed by atoms with Crippen molar-refractivity contribution < 1.29 is 23.8 Å². The van der Waals surface area contributed by atoms with Crippen molar-refractivity contribution in [3.63, 3.8) is 0 Å². The second-order valence-corrected chi connectivity index (χ2v) is 6.57. The molecular formula is C16H17FN2O4. The van der Waals surface area contributed by atoms with Crippen LogP contribution in [0.3, 0.4) is 0 Å². The summed E-state index contributed by atoms with van der Waals surface area (Å²) in [7, 11) is 0. The first kappa shape index (κ1) is 14.4. The van der Waals surface area contributed by atoms with E-state index in [1.807, 2.05) is 0 Å². The topological polar surface area (TPSA) is 92.9 Å². The van der Waals surface area contributed by atoms with E-state index in [1.165, 1.54) is 11.0 Å². The van der Waals surface area contributed by atoms with E-state index in [2.05, 4.69) is 0 Å².